The minimum Gasteiger partial charge on any atom is -0.481 e. The van der Waals surface area contributed by atoms with Gasteiger partial charge >= 0.3 is 11.9 Å². The Balaban J connectivity index is 5.55. The van der Waals surface area contributed by atoms with Crippen molar-refractivity contribution in [1.29, 1.82) is 0 Å². The Bertz CT molecular complexity index is 766. The number of hydrogen-bond donors (Lipinski definition) is 9. The largest absolute Gasteiger partial charge is 0.481 e. The number of hydrogen-bond acceptors (Lipinski definition) is 9. The zero-order chi connectivity index (χ0) is 27.0. The highest BCUT2D eigenvalue weighted by Gasteiger charge is 2.30. The number of nitrogens with zero attached hydrogens (tertiary/aromatic N) is 1. The number of guanidine groups is 1. The van der Waals surface area contributed by atoms with E-state index < -0.39 is 60.2 Å². The molecule has 0 fully saturated rings. The molecule has 0 radical (unpaired) electrons. The molecule has 0 heterocycles. The quantitative estimate of drug-likeness (QED) is 0.0381. The maximum absolute atomic E-state index is 13.0. The summed E-state index contributed by atoms with van der Waals surface area (Å²) in [7, 11) is 0. The molecule has 0 aromatic heterocycles. The zero-order valence-corrected chi connectivity index (χ0v) is 21.1. The second-order valence-corrected chi connectivity index (χ2v) is 8.82. The number of amides is 3. The normalized spacial score (nSPS) is 14.0. The molecular formula is C19H35N7O7S2. The Hall–Kier alpha value is -2.72. The van der Waals surface area contributed by atoms with Gasteiger partial charge in [-0.3, -0.25) is 24.2 Å². The molecule has 0 rings (SSSR count). The maximum atomic E-state index is 13.0. The van der Waals surface area contributed by atoms with Crippen LogP contribution >= 0.6 is 24.4 Å². The minimum absolute atomic E-state index is 0.0886. The SMILES string of the molecule is CSCCC(N)C(=O)NC(CCCN=C(N)N)C(=O)NC(CCC(=O)O)C(=O)NC(CS)C(=O)O. The molecular weight excluding hydrogens is 502 g/mol. The molecule has 0 aliphatic heterocycles. The van der Waals surface area contributed by atoms with E-state index in [1.807, 2.05) is 6.26 Å². The summed E-state index contributed by atoms with van der Waals surface area (Å²) in [6.07, 6.45) is 1.83. The molecule has 4 atom stereocenters. The average Bonchev–Trinajstić information content (AvgIpc) is 2.79. The van der Waals surface area contributed by atoms with Gasteiger partial charge < -0.3 is 43.4 Å². The molecule has 0 aliphatic rings. The first kappa shape index (κ1) is 32.3. The van der Waals surface area contributed by atoms with Crippen molar-refractivity contribution < 1.29 is 34.2 Å². The Morgan fingerprint density at radius 3 is 1.94 bits per heavy atom. The molecule has 35 heavy (non-hydrogen) atoms. The van der Waals surface area contributed by atoms with Gasteiger partial charge in [0.2, 0.25) is 17.7 Å². The fourth-order valence-corrected chi connectivity index (χ4v) is 3.43. The van der Waals surface area contributed by atoms with Crippen LogP contribution in [-0.2, 0) is 24.0 Å². The van der Waals surface area contributed by atoms with E-state index in [0.29, 0.717) is 18.6 Å². The molecule has 0 aromatic carbocycles. The van der Waals surface area contributed by atoms with E-state index in [2.05, 4.69) is 33.6 Å². The van der Waals surface area contributed by atoms with E-state index in [9.17, 15) is 24.0 Å². The van der Waals surface area contributed by atoms with Crippen molar-refractivity contribution >= 4 is 60.0 Å². The summed E-state index contributed by atoms with van der Waals surface area (Å²) in [6.45, 7) is 0.172. The van der Waals surface area contributed by atoms with Gasteiger partial charge in [0.15, 0.2) is 5.96 Å². The lowest BCUT2D eigenvalue weighted by Crippen LogP contribution is -2.57. The van der Waals surface area contributed by atoms with E-state index in [0.717, 1.165) is 0 Å². The molecule has 0 spiro atoms. The number of carboxylic acid groups (broad SMARTS) is 2. The average molecular weight is 538 g/mol. The van der Waals surface area contributed by atoms with Gasteiger partial charge in [0.25, 0.3) is 0 Å². The number of aliphatic imine (C=N–C) groups is 1. The Kier molecular flexibility index (Phi) is 16.3. The molecule has 200 valence electrons. The van der Waals surface area contributed by atoms with Crippen LogP contribution in [0.15, 0.2) is 4.99 Å². The van der Waals surface area contributed by atoms with Crippen LogP contribution in [-0.4, -0.2) is 94.3 Å². The number of carbonyl (C=O) groups excluding carboxylic acids is 3. The van der Waals surface area contributed by atoms with Crippen LogP contribution in [0.5, 0.6) is 0 Å². The number of thioether (sulfide) groups is 1. The van der Waals surface area contributed by atoms with E-state index in [-0.39, 0.29) is 31.1 Å². The summed E-state index contributed by atoms with van der Waals surface area (Å²) in [5.74, 6) is -4.55. The Morgan fingerprint density at radius 2 is 1.46 bits per heavy atom. The monoisotopic (exact) mass is 537 g/mol. The van der Waals surface area contributed by atoms with Gasteiger partial charge in [-0.15, -0.1) is 0 Å². The molecule has 0 aromatic rings. The summed E-state index contributed by atoms with van der Waals surface area (Å²) in [6, 6.07) is -4.72. The summed E-state index contributed by atoms with van der Waals surface area (Å²) in [5, 5.41) is 25.3. The first-order valence-electron chi connectivity index (χ1n) is 10.7. The number of rotatable bonds is 18. The second kappa shape index (κ2) is 17.7. The van der Waals surface area contributed by atoms with Gasteiger partial charge in [0.1, 0.15) is 18.1 Å². The summed E-state index contributed by atoms with van der Waals surface area (Å²) in [5.41, 5.74) is 16.4. The van der Waals surface area contributed by atoms with E-state index in [4.69, 9.17) is 27.4 Å². The van der Waals surface area contributed by atoms with E-state index in [1.54, 1.807) is 0 Å². The predicted octanol–water partition coefficient (Wildman–Crippen LogP) is -2.55. The van der Waals surface area contributed by atoms with E-state index >= 15 is 0 Å². The smallest absolute Gasteiger partial charge is 0.327 e. The molecule has 16 heteroatoms. The van der Waals surface area contributed by atoms with Gasteiger partial charge in [0, 0.05) is 18.7 Å². The Morgan fingerprint density at radius 1 is 0.914 bits per heavy atom. The van der Waals surface area contributed by atoms with Gasteiger partial charge in [-0.1, -0.05) is 0 Å². The van der Waals surface area contributed by atoms with Crippen molar-refractivity contribution in [2.45, 2.75) is 56.3 Å². The van der Waals surface area contributed by atoms with Crippen LogP contribution in [0.4, 0.5) is 0 Å². The first-order valence-corrected chi connectivity index (χ1v) is 12.7. The number of carbonyl (C=O) groups is 5. The molecule has 14 nitrogen and oxygen atoms in total. The maximum Gasteiger partial charge on any atom is 0.327 e. The predicted molar refractivity (Wildman–Crippen MR) is 135 cm³/mol. The Labute approximate surface area is 213 Å². The second-order valence-electron chi connectivity index (χ2n) is 7.47. The number of carboxylic acids is 2. The number of thiol groups is 1. The molecule has 0 bridgehead atoms. The number of aliphatic carboxylic acids is 2. The van der Waals surface area contributed by atoms with Gasteiger partial charge in [-0.25, -0.2) is 4.79 Å². The van der Waals surface area contributed by atoms with Gasteiger partial charge in [-0.05, 0) is 37.7 Å². The molecule has 0 aliphatic carbocycles. The molecule has 0 saturated carbocycles. The van der Waals surface area contributed by atoms with Crippen LogP contribution in [0.1, 0.15) is 32.1 Å². The molecule has 11 N–H and O–H groups in total. The standard InChI is InChI=1S/C19H35N7O7S2/c1-35-8-6-10(20)15(29)24-11(3-2-7-23-19(21)22)16(30)25-12(4-5-14(27)28)17(31)26-13(9-34)18(32)33/h10-13,34H,2-9,20H2,1H3,(H,24,29)(H,25,30)(H,26,31)(H,27,28)(H,32,33)(H4,21,22,23). The highest BCUT2D eigenvalue weighted by atomic mass is 32.2. The van der Waals surface area contributed by atoms with Crippen molar-refractivity contribution in [3.63, 3.8) is 0 Å². The van der Waals surface area contributed by atoms with Gasteiger partial charge in [-0.2, -0.15) is 24.4 Å². The van der Waals surface area contributed by atoms with Crippen LogP contribution < -0.4 is 33.2 Å². The van der Waals surface area contributed by atoms with Crippen molar-refractivity contribution in [2.24, 2.45) is 22.2 Å². The van der Waals surface area contributed by atoms with Crippen molar-refractivity contribution in [3.8, 4) is 0 Å². The lowest BCUT2D eigenvalue weighted by Gasteiger charge is -2.24. The lowest BCUT2D eigenvalue weighted by atomic mass is 10.1. The van der Waals surface area contributed by atoms with Crippen LogP contribution in [0.25, 0.3) is 0 Å². The molecule has 4 unspecified atom stereocenters. The van der Waals surface area contributed by atoms with Crippen LogP contribution in [0.2, 0.25) is 0 Å². The first-order chi connectivity index (χ1) is 16.4. The number of nitrogens with one attached hydrogen (secondary N) is 3. The third-order valence-electron chi connectivity index (χ3n) is 4.63. The van der Waals surface area contributed by atoms with Crippen molar-refractivity contribution in [1.82, 2.24) is 16.0 Å². The highest BCUT2D eigenvalue weighted by Crippen LogP contribution is 2.06. The van der Waals surface area contributed by atoms with Crippen molar-refractivity contribution in [2.75, 3.05) is 24.3 Å². The third-order valence-corrected chi connectivity index (χ3v) is 5.63. The third kappa shape index (κ3) is 14.3. The topological polar surface area (TPSA) is 252 Å². The zero-order valence-electron chi connectivity index (χ0n) is 19.4. The molecule has 3 amide bonds. The van der Waals surface area contributed by atoms with Crippen molar-refractivity contribution in [3.05, 3.63) is 0 Å². The fraction of sp³-hybridized carbons (Fsp3) is 0.684. The fourth-order valence-electron chi connectivity index (χ4n) is 2.69. The van der Waals surface area contributed by atoms with Crippen LogP contribution in [0, 0.1) is 0 Å². The summed E-state index contributed by atoms with van der Waals surface area (Å²) in [4.78, 5) is 64.1. The minimum atomic E-state index is -1.37. The van der Waals surface area contributed by atoms with E-state index in [1.165, 1.54) is 11.8 Å². The van der Waals surface area contributed by atoms with Gasteiger partial charge in [0.05, 0.1) is 6.04 Å². The molecule has 0 saturated heterocycles. The number of nitrogens with two attached hydrogens (primary N) is 3. The van der Waals surface area contributed by atoms with Crippen LogP contribution in [0.3, 0.4) is 0 Å². The summed E-state index contributed by atoms with van der Waals surface area (Å²) < 4.78 is 0. The summed E-state index contributed by atoms with van der Waals surface area (Å²) >= 11 is 5.36. The highest BCUT2D eigenvalue weighted by molar-refractivity contribution is 7.98. The lowest BCUT2D eigenvalue weighted by molar-refractivity contribution is -0.142.